The van der Waals surface area contributed by atoms with Crippen molar-refractivity contribution in [3.63, 3.8) is 0 Å². The van der Waals surface area contributed by atoms with Crippen LogP contribution in [0.1, 0.15) is 25.3 Å². The van der Waals surface area contributed by atoms with Gasteiger partial charge >= 0.3 is 0 Å². The lowest BCUT2D eigenvalue weighted by Crippen LogP contribution is -2.15. The number of para-hydroxylation sites is 2. The molecule has 2 aromatic rings. The van der Waals surface area contributed by atoms with E-state index in [1.54, 1.807) is 12.1 Å². The number of hydrogen-bond donors (Lipinski definition) is 2. The van der Waals surface area contributed by atoms with Gasteiger partial charge in [0.15, 0.2) is 0 Å². The highest BCUT2D eigenvalue weighted by Crippen LogP contribution is 2.23. The molecule has 0 fully saturated rings. The number of nitrogens with one attached hydrogen (secondary N) is 2. The Balaban J connectivity index is 1.86. The van der Waals surface area contributed by atoms with Crippen LogP contribution in [-0.4, -0.2) is 13.1 Å². The molecule has 0 bridgehead atoms. The molecule has 2 rings (SSSR count). The first kappa shape index (κ1) is 14.4. The predicted octanol–water partition coefficient (Wildman–Crippen LogP) is 4.47. The molecule has 0 aromatic heterocycles. The third kappa shape index (κ3) is 3.73. The highest BCUT2D eigenvalue weighted by atomic mass is 19.1. The smallest absolute Gasteiger partial charge is 0.146 e. The maximum absolute atomic E-state index is 13.4. The Hall–Kier alpha value is -2.03. The first-order valence-corrected chi connectivity index (χ1v) is 6.99. The second kappa shape index (κ2) is 6.94. The summed E-state index contributed by atoms with van der Waals surface area (Å²) in [4.78, 5) is 0. The van der Waals surface area contributed by atoms with Crippen LogP contribution >= 0.6 is 0 Å². The summed E-state index contributed by atoms with van der Waals surface area (Å²) < 4.78 is 13.4. The fourth-order valence-electron chi connectivity index (χ4n) is 2.16. The summed E-state index contributed by atoms with van der Waals surface area (Å²) in [6.07, 6.45) is 0. The van der Waals surface area contributed by atoms with Crippen LogP contribution in [0.4, 0.5) is 15.8 Å². The van der Waals surface area contributed by atoms with E-state index in [-0.39, 0.29) is 5.82 Å². The Kier molecular flexibility index (Phi) is 4.99. The summed E-state index contributed by atoms with van der Waals surface area (Å²) >= 11 is 0. The molecule has 0 atom stereocenters. The van der Waals surface area contributed by atoms with Gasteiger partial charge in [-0.25, -0.2) is 4.39 Å². The molecule has 0 saturated heterocycles. The van der Waals surface area contributed by atoms with E-state index in [2.05, 4.69) is 42.7 Å². The molecule has 2 nitrogen and oxygen atoms in total. The molecule has 3 heteroatoms. The van der Waals surface area contributed by atoms with Crippen molar-refractivity contribution in [1.82, 2.24) is 0 Å². The highest BCUT2D eigenvalue weighted by Gasteiger charge is 2.05. The van der Waals surface area contributed by atoms with E-state index >= 15 is 0 Å². The number of anilines is 2. The zero-order valence-electron chi connectivity index (χ0n) is 12.0. The molecule has 0 spiro atoms. The van der Waals surface area contributed by atoms with Gasteiger partial charge in [0.25, 0.3) is 0 Å². The number of rotatable bonds is 6. The van der Waals surface area contributed by atoms with Gasteiger partial charge in [0.05, 0.1) is 5.69 Å². The molecule has 0 heterocycles. The van der Waals surface area contributed by atoms with E-state index in [1.165, 1.54) is 11.6 Å². The lowest BCUT2D eigenvalue weighted by atomic mass is 10.0. The third-order valence-corrected chi connectivity index (χ3v) is 3.21. The van der Waals surface area contributed by atoms with E-state index < -0.39 is 0 Å². The van der Waals surface area contributed by atoms with Crippen molar-refractivity contribution < 1.29 is 4.39 Å². The van der Waals surface area contributed by atoms with Gasteiger partial charge in [0.2, 0.25) is 0 Å². The second-order valence-corrected chi connectivity index (χ2v) is 5.08. The predicted molar refractivity (Wildman–Crippen MR) is 83.9 cm³/mol. The summed E-state index contributed by atoms with van der Waals surface area (Å²) in [5, 5.41) is 6.49. The number of hydrogen-bond acceptors (Lipinski definition) is 2. The maximum atomic E-state index is 13.4. The first-order valence-electron chi connectivity index (χ1n) is 6.99. The van der Waals surface area contributed by atoms with Crippen LogP contribution < -0.4 is 10.6 Å². The van der Waals surface area contributed by atoms with Gasteiger partial charge in [0, 0.05) is 18.8 Å². The molecular formula is C17H21FN2. The summed E-state index contributed by atoms with van der Waals surface area (Å²) in [6, 6.07) is 15.0. The number of benzene rings is 2. The Morgan fingerprint density at radius 2 is 1.40 bits per heavy atom. The minimum Gasteiger partial charge on any atom is -0.383 e. The monoisotopic (exact) mass is 272 g/mol. The molecule has 0 unspecified atom stereocenters. The third-order valence-electron chi connectivity index (χ3n) is 3.21. The minimum absolute atomic E-state index is 0.213. The number of halogens is 1. The first-order chi connectivity index (χ1) is 9.68. The SMILES string of the molecule is CC(C)c1ccccc1NCCNc1ccccc1F. The maximum Gasteiger partial charge on any atom is 0.146 e. The quantitative estimate of drug-likeness (QED) is 0.758. The van der Waals surface area contributed by atoms with E-state index in [0.29, 0.717) is 18.2 Å². The Morgan fingerprint density at radius 1 is 0.850 bits per heavy atom. The molecule has 106 valence electrons. The average molecular weight is 272 g/mol. The van der Waals surface area contributed by atoms with Crippen molar-refractivity contribution >= 4 is 11.4 Å². The van der Waals surface area contributed by atoms with Crippen LogP contribution in [0.15, 0.2) is 48.5 Å². The molecule has 0 aliphatic rings. The molecule has 0 aliphatic carbocycles. The molecular weight excluding hydrogens is 251 g/mol. The lowest BCUT2D eigenvalue weighted by Gasteiger charge is -2.15. The molecule has 0 radical (unpaired) electrons. The normalized spacial score (nSPS) is 10.6. The topological polar surface area (TPSA) is 24.1 Å². The van der Waals surface area contributed by atoms with Gasteiger partial charge in [-0.3, -0.25) is 0 Å². The summed E-state index contributed by atoms with van der Waals surface area (Å²) in [5.41, 5.74) is 3.00. The van der Waals surface area contributed by atoms with Crippen LogP contribution in [0.5, 0.6) is 0 Å². The van der Waals surface area contributed by atoms with Gasteiger partial charge in [-0.2, -0.15) is 0 Å². The van der Waals surface area contributed by atoms with Gasteiger partial charge in [-0.05, 0) is 29.7 Å². The highest BCUT2D eigenvalue weighted by molar-refractivity contribution is 5.53. The van der Waals surface area contributed by atoms with Crippen LogP contribution in [-0.2, 0) is 0 Å². The van der Waals surface area contributed by atoms with Crippen LogP contribution in [0.2, 0.25) is 0 Å². The van der Waals surface area contributed by atoms with Crippen molar-refractivity contribution in [3.8, 4) is 0 Å². The lowest BCUT2D eigenvalue weighted by molar-refractivity contribution is 0.630. The van der Waals surface area contributed by atoms with Crippen molar-refractivity contribution in [2.24, 2.45) is 0 Å². The fourth-order valence-corrected chi connectivity index (χ4v) is 2.16. The van der Waals surface area contributed by atoms with Crippen LogP contribution in [0.25, 0.3) is 0 Å². The average Bonchev–Trinajstić information content (AvgIpc) is 2.45. The Morgan fingerprint density at radius 3 is 2.05 bits per heavy atom. The molecule has 2 aromatic carbocycles. The zero-order chi connectivity index (χ0) is 14.4. The van der Waals surface area contributed by atoms with E-state index in [1.807, 2.05) is 12.1 Å². The van der Waals surface area contributed by atoms with Gasteiger partial charge in [-0.15, -0.1) is 0 Å². The van der Waals surface area contributed by atoms with E-state index in [0.717, 1.165) is 12.2 Å². The molecule has 2 N–H and O–H groups in total. The van der Waals surface area contributed by atoms with Gasteiger partial charge in [0.1, 0.15) is 5.82 Å². The molecule has 0 aliphatic heterocycles. The van der Waals surface area contributed by atoms with E-state index in [4.69, 9.17) is 0 Å². The summed E-state index contributed by atoms with van der Waals surface area (Å²) in [5.74, 6) is 0.272. The summed E-state index contributed by atoms with van der Waals surface area (Å²) in [6.45, 7) is 5.78. The zero-order valence-corrected chi connectivity index (χ0v) is 12.0. The Labute approximate surface area is 120 Å². The van der Waals surface area contributed by atoms with E-state index in [9.17, 15) is 4.39 Å². The van der Waals surface area contributed by atoms with Gasteiger partial charge < -0.3 is 10.6 Å². The molecule has 0 saturated carbocycles. The van der Waals surface area contributed by atoms with Gasteiger partial charge in [-0.1, -0.05) is 44.2 Å². The largest absolute Gasteiger partial charge is 0.383 e. The van der Waals surface area contributed by atoms with Crippen molar-refractivity contribution in [2.45, 2.75) is 19.8 Å². The van der Waals surface area contributed by atoms with Crippen molar-refractivity contribution in [1.29, 1.82) is 0 Å². The van der Waals surface area contributed by atoms with Crippen LogP contribution in [0, 0.1) is 5.82 Å². The Bertz CT molecular complexity index is 552. The van der Waals surface area contributed by atoms with Crippen molar-refractivity contribution in [2.75, 3.05) is 23.7 Å². The second-order valence-electron chi connectivity index (χ2n) is 5.08. The standard InChI is InChI=1S/C17H21FN2/c1-13(2)14-7-3-5-9-16(14)19-11-12-20-17-10-6-4-8-15(17)18/h3-10,13,19-20H,11-12H2,1-2H3. The van der Waals surface area contributed by atoms with Crippen LogP contribution in [0.3, 0.4) is 0 Å². The molecule has 0 amide bonds. The summed E-state index contributed by atoms with van der Waals surface area (Å²) in [7, 11) is 0. The minimum atomic E-state index is -0.213. The molecule has 20 heavy (non-hydrogen) atoms. The fraction of sp³-hybridized carbons (Fsp3) is 0.294. The van der Waals surface area contributed by atoms with Crippen molar-refractivity contribution in [3.05, 3.63) is 59.9 Å².